The molecule has 70 valence electrons. The van der Waals surface area contributed by atoms with Gasteiger partial charge in [-0.2, -0.15) is 0 Å². The van der Waals surface area contributed by atoms with E-state index in [0.717, 1.165) is 0 Å². The fraction of sp³-hybridized carbons (Fsp3) is 0.667. The van der Waals surface area contributed by atoms with Crippen LogP contribution >= 0.6 is 0 Å². The Balaban J connectivity index is 4.35. The van der Waals surface area contributed by atoms with E-state index < -0.39 is 26.3 Å². The number of hydrogen-bond acceptors (Lipinski definition) is 3. The Morgan fingerprint density at radius 3 is 1.92 bits per heavy atom. The molecule has 0 bridgehead atoms. The Labute approximate surface area is 71.6 Å². The van der Waals surface area contributed by atoms with Gasteiger partial charge in [-0.05, 0) is 19.6 Å². The first kappa shape index (κ1) is 11.1. The lowest BCUT2D eigenvalue weighted by molar-refractivity contribution is -0.150. The average Bonchev–Trinajstić information content (AvgIpc) is 1.79. The highest BCUT2D eigenvalue weighted by atomic mass is 28.4. The standard InChI is InChI=1S/C6H13NO4Si/c1-12(2,3)11-4(5(7)8)6(9)10/h4H,1-3H3,(H2,7,8)(H,9,10). The fourth-order valence-corrected chi connectivity index (χ4v) is 1.51. The van der Waals surface area contributed by atoms with Gasteiger partial charge in [0, 0.05) is 0 Å². The molecule has 0 fully saturated rings. The minimum absolute atomic E-state index is 0.954. The predicted octanol–water partition coefficient (Wildman–Crippen LogP) is -0.224. The molecule has 0 aromatic carbocycles. The van der Waals surface area contributed by atoms with Crippen LogP contribution in [0.25, 0.3) is 0 Å². The van der Waals surface area contributed by atoms with Gasteiger partial charge in [0.1, 0.15) is 0 Å². The van der Waals surface area contributed by atoms with Crippen LogP contribution in [0, 0.1) is 0 Å². The Hall–Kier alpha value is -0.883. The molecule has 0 aliphatic heterocycles. The van der Waals surface area contributed by atoms with Crippen molar-refractivity contribution in [3.63, 3.8) is 0 Å². The predicted molar refractivity (Wildman–Crippen MR) is 45.0 cm³/mol. The highest BCUT2D eigenvalue weighted by molar-refractivity contribution is 6.70. The topological polar surface area (TPSA) is 89.6 Å². The van der Waals surface area contributed by atoms with Crippen LogP contribution in [0.3, 0.4) is 0 Å². The summed E-state index contributed by atoms with van der Waals surface area (Å²) in [4.78, 5) is 21.0. The van der Waals surface area contributed by atoms with Crippen molar-refractivity contribution in [1.29, 1.82) is 0 Å². The third-order valence-corrected chi connectivity index (χ3v) is 1.90. The van der Waals surface area contributed by atoms with E-state index in [-0.39, 0.29) is 0 Å². The highest BCUT2D eigenvalue weighted by Gasteiger charge is 2.30. The van der Waals surface area contributed by atoms with Gasteiger partial charge < -0.3 is 15.3 Å². The summed E-state index contributed by atoms with van der Waals surface area (Å²) in [6.45, 7) is 5.35. The van der Waals surface area contributed by atoms with Crippen LogP contribution in [-0.2, 0) is 14.0 Å². The minimum atomic E-state index is -2.03. The molecular formula is C6H13NO4Si. The van der Waals surface area contributed by atoms with Crippen molar-refractivity contribution >= 4 is 20.2 Å². The summed E-state index contributed by atoms with van der Waals surface area (Å²) in [6, 6.07) is 0. The van der Waals surface area contributed by atoms with Gasteiger partial charge in [-0.3, -0.25) is 4.79 Å². The molecule has 0 aromatic heterocycles. The molecule has 0 aliphatic rings. The molecule has 0 radical (unpaired) electrons. The number of rotatable bonds is 4. The number of amides is 1. The van der Waals surface area contributed by atoms with Gasteiger partial charge in [0.15, 0.2) is 8.32 Å². The maximum Gasteiger partial charge on any atom is 0.341 e. The van der Waals surface area contributed by atoms with E-state index in [9.17, 15) is 9.59 Å². The molecule has 0 spiro atoms. The third-order valence-electron chi connectivity index (χ3n) is 0.954. The molecule has 1 atom stereocenters. The van der Waals surface area contributed by atoms with Crippen LogP contribution in [0.2, 0.25) is 19.6 Å². The molecule has 6 heteroatoms. The van der Waals surface area contributed by atoms with Gasteiger partial charge in [-0.15, -0.1) is 0 Å². The Morgan fingerprint density at radius 1 is 1.42 bits per heavy atom. The maximum absolute atomic E-state index is 10.6. The largest absolute Gasteiger partial charge is 0.479 e. The number of primary amides is 1. The average molecular weight is 191 g/mol. The molecule has 5 nitrogen and oxygen atoms in total. The fourth-order valence-electron chi connectivity index (χ4n) is 0.584. The van der Waals surface area contributed by atoms with Gasteiger partial charge in [-0.25, -0.2) is 4.79 Å². The van der Waals surface area contributed by atoms with Crippen molar-refractivity contribution in [3.05, 3.63) is 0 Å². The molecular weight excluding hydrogens is 178 g/mol. The lowest BCUT2D eigenvalue weighted by atomic mass is 10.3. The second kappa shape index (κ2) is 3.68. The molecule has 3 N–H and O–H groups in total. The van der Waals surface area contributed by atoms with Gasteiger partial charge in [0.25, 0.3) is 5.91 Å². The van der Waals surface area contributed by atoms with Crippen molar-refractivity contribution < 1.29 is 19.1 Å². The molecule has 0 saturated carbocycles. The van der Waals surface area contributed by atoms with Gasteiger partial charge in [0.2, 0.25) is 6.10 Å². The summed E-state index contributed by atoms with van der Waals surface area (Å²) in [5, 5.41) is 8.50. The van der Waals surface area contributed by atoms with Crippen LogP contribution in [0.5, 0.6) is 0 Å². The van der Waals surface area contributed by atoms with Gasteiger partial charge in [0.05, 0.1) is 0 Å². The van der Waals surface area contributed by atoms with Crippen molar-refractivity contribution in [2.45, 2.75) is 25.7 Å². The molecule has 0 saturated heterocycles. The number of hydrogen-bond donors (Lipinski definition) is 2. The smallest absolute Gasteiger partial charge is 0.341 e. The number of aliphatic carboxylic acids is 1. The molecule has 0 rings (SSSR count). The zero-order valence-corrected chi connectivity index (χ0v) is 8.33. The van der Waals surface area contributed by atoms with Crippen LogP contribution < -0.4 is 5.73 Å². The molecule has 0 aliphatic carbocycles. The normalized spacial score (nSPS) is 13.9. The summed E-state index contributed by atoms with van der Waals surface area (Å²) in [7, 11) is -2.03. The third kappa shape index (κ3) is 4.09. The van der Waals surface area contributed by atoms with Crippen molar-refractivity contribution in [3.8, 4) is 0 Å². The van der Waals surface area contributed by atoms with E-state index in [1.807, 2.05) is 0 Å². The SMILES string of the molecule is C[Si](C)(C)OC(C(N)=O)C(=O)O. The second-order valence-corrected chi connectivity index (χ2v) is 7.81. The lowest BCUT2D eigenvalue weighted by Crippen LogP contribution is -2.44. The Kier molecular flexibility index (Phi) is 3.41. The first-order valence-electron chi connectivity index (χ1n) is 3.44. The van der Waals surface area contributed by atoms with E-state index in [4.69, 9.17) is 15.3 Å². The number of carboxylic acid groups (broad SMARTS) is 1. The number of carbonyl (C=O) groups is 2. The lowest BCUT2D eigenvalue weighted by Gasteiger charge is -2.20. The number of nitrogens with two attached hydrogens (primary N) is 1. The zero-order chi connectivity index (χ0) is 9.94. The monoisotopic (exact) mass is 191 g/mol. The van der Waals surface area contributed by atoms with E-state index in [1.165, 1.54) is 0 Å². The van der Waals surface area contributed by atoms with E-state index in [1.54, 1.807) is 19.6 Å². The van der Waals surface area contributed by atoms with Crippen LogP contribution in [-0.4, -0.2) is 31.4 Å². The molecule has 1 unspecified atom stereocenters. The van der Waals surface area contributed by atoms with Crippen LogP contribution in [0.1, 0.15) is 0 Å². The molecule has 12 heavy (non-hydrogen) atoms. The number of carbonyl (C=O) groups excluding carboxylic acids is 1. The summed E-state index contributed by atoms with van der Waals surface area (Å²) in [5.41, 5.74) is 4.82. The quantitative estimate of drug-likeness (QED) is 0.474. The van der Waals surface area contributed by atoms with E-state index in [2.05, 4.69) is 0 Å². The molecule has 1 amide bonds. The Morgan fingerprint density at radius 2 is 1.83 bits per heavy atom. The molecule has 0 aromatic rings. The summed E-state index contributed by atoms with van der Waals surface area (Å²) in [5.74, 6) is -2.28. The van der Waals surface area contributed by atoms with Gasteiger partial charge >= 0.3 is 5.97 Å². The summed E-state index contributed by atoms with van der Waals surface area (Å²) < 4.78 is 5.03. The number of carboxylic acids is 1. The van der Waals surface area contributed by atoms with Crippen molar-refractivity contribution in [2.24, 2.45) is 5.73 Å². The summed E-state index contributed by atoms with van der Waals surface area (Å²) >= 11 is 0. The minimum Gasteiger partial charge on any atom is -0.479 e. The van der Waals surface area contributed by atoms with Gasteiger partial charge in [-0.1, -0.05) is 0 Å². The van der Waals surface area contributed by atoms with Crippen LogP contribution in [0.15, 0.2) is 0 Å². The molecule has 0 heterocycles. The highest BCUT2D eigenvalue weighted by Crippen LogP contribution is 2.07. The Bertz CT molecular complexity index is 184. The van der Waals surface area contributed by atoms with E-state index >= 15 is 0 Å². The first-order chi connectivity index (χ1) is 5.24. The van der Waals surface area contributed by atoms with Crippen molar-refractivity contribution in [1.82, 2.24) is 0 Å². The van der Waals surface area contributed by atoms with Crippen molar-refractivity contribution in [2.75, 3.05) is 0 Å². The van der Waals surface area contributed by atoms with E-state index in [0.29, 0.717) is 0 Å². The first-order valence-corrected chi connectivity index (χ1v) is 6.85. The second-order valence-electron chi connectivity index (χ2n) is 3.35. The van der Waals surface area contributed by atoms with Crippen LogP contribution in [0.4, 0.5) is 0 Å². The summed E-state index contributed by atoms with van der Waals surface area (Å²) in [6.07, 6.45) is -1.50. The maximum atomic E-state index is 10.6. The zero-order valence-electron chi connectivity index (χ0n) is 7.33.